The van der Waals surface area contributed by atoms with Crippen molar-refractivity contribution in [2.45, 2.75) is 71.6 Å². The van der Waals surface area contributed by atoms with Crippen LogP contribution in [0, 0.1) is 11.8 Å². The zero-order valence-electron chi connectivity index (χ0n) is 16.8. The lowest BCUT2D eigenvalue weighted by atomic mass is 9.97. The van der Waals surface area contributed by atoms with E-state index in [0.29, 0.717) is 19.4 Å². The van der Waals surface area contributed by atoms with Crippen molar-refractivity contribution >= 4 is 23.8 Å². The minimum atomic E-state index is -0.985. The Labute approximate surface area is 160 Å². The highest BCUT2D eigenvalue weighted by molar-refractivity contribution is 5.91. The van der Waals surface area contributed by atoms with Crippen LogP contribution in [-0.2, 0) is 19.1 Å². The average molecular weight is 384 g/mol. The molecule has 9 nitrogen and oxygen atoms in total. The SMILES string of the molecule is CC(C)CC(NC(=O)OC(C)(C)C)C(=O)NC(C[C@@H]1CCNC1=O)C(N)=O. The number of rotatable bonds is 8. The van der Waals surface area contributed by atoms with Crippen LogP contribution in [0.25, 0.3) is 0 Å². The Morgan fingerprint density at radius 1 is 1.22 bits per heavy atom. The van der Waals surface area contributed by atoms with Crippen molar-refractivity contribution in [3.63, 3.8) is 0 Å². The highest BCUT2D eigenvalue weighted by Crippen LogP contribution is 2.16. The number of amides is 4. The molecule has 1 heterocycles. The number of carbonyl (C=O) groups excluding carboxylic acids is 4. The van der Waals surface area contributed by atoms with Crippen LogP contribution in [0.3, 0.4) is 0 Å². The topological polar surface area (TPSA) is 140 Å². The molecule has 0 saturated carbocycles. The van der Waals surface area contributed by atoms with Crippen molar-refractivity contribution in [1.82, 2.24) is 16.0 Å². The van der Waals surface area contributed by atoms with E-state index in [1.165, 1.54) is 0 Å². The third-order valence-electron chi connectivity index (χ3n) is 4.06. The second-order valence-corrected chi connectivity index (χ2v) is 8.30. The van der Waals surface area contributed by atoms with Crippen molar-refractivity contribution in [2.24, 2.45) is 17.6 Å². The van der Waals surface area contributed by atoms with Gasteiger partial charge in [0.15, 0.2) is 0 Å². The van der Waals surface area contributed by atoms with Crippen molar-refractivity contribution < 1.29 is 23.9 Å². The average Bonchev–Trinajstić information content (AvgIpc) is 2.88. The van der Waals surface area contributed by atoms with Crippen LogP contribution in [0.5, 0.6) is 0 Å². The van der Waals surface area contributed by atoms with Crippen LogP contribution in [0.15, 0.2) is 0 Å². The van der Waals surface area contributed by atoms with Crippen LogP contribution >= 0.6 is 0 Å². The molecule has 0 aromatic heterocycles. The predicted molar refractivity (Wildman–Crippen MR) is 99.5 cm³/mol. The molecule has 9 heteroatoms. The summed E-state index contributed by atoms with van der Waals surface area (Å²) in [4.78, 5) is 48.2. The number of carbonyl (C=O) groups is 4. The number of hydrogen-bond acceptors (Lipinski definition) is 5. The van der Waals surface area contributed by atoms with Gasteiger partial charge in [0.1, 0.15) is 17.7 Å². The first-order valence-electron chi connectivity index (χ1n) is 9.26. The molecule has 154 valence electrons. The van der Waals surface area contributed by atoms with E-state index in [1.54, 1.807) is 20.8 Å². The van der Waals surface area contributed by atoms with E-state index in [1.807, 2.05) is 13.8 Å². The van der Waals surface area contributed by atoms with Crippen LogP contribution in [0.2, 0.25) is 0 Å². The lowest BCUT2D eigenvalue weighted by Gasteiger charge is -2.26. The van der Waals surface area contributed by atoms with Gasteiger partial charge in [-0.15, -0.1) is 0 Å². The normalized spacial score (nSPS) is 19.2. The van der Waals surface area contributed by atoms with Gasteiger partial charge in [-0.1, -0.05) is 13.8 Å². The van der Waals surface area contributed by atoms with Gasteiger partial charge in [-0.25, -0.2) is 4.79 Å². The molecule has 0 aromatic rings. The zero-order chi connectivity index (χ0) is 20.8. The molecule has 1 aliphatic rings. The van der Waals surface area contributed by atoms with Crippen LogP contribution in [0.4, 0.5) is 4.79 Å². The molecular formula is C18H32N4O5. The third kappa shape index (κ3) is 8.27. The Balaban J connectivity index is 2.78. The van der Waals surface area contributed by atoms with Gasteiger partial charge in [0.05, 0.1) is 0 Å². The first-order valence-corrected chi connectivity index (χ1v) is 9.26. The van der Waals surface area contributed by atoms with Gasteiger partial charge in [0, 0.05) is 12.5 Å². The summed E-state index contributed by atoms with van der Waals surface area (Å²) in [5.74, 6) is -1.66. The minimum Gasteiger partial charge on any atom is -0.444 e. The van der Waals surface area contributed by atoms with E-state index < -0.39 is 35.6 Å². The number of nitrogens with two attached hydrogens (primary N) is 1. The van der Waals surface area contributed by atoms with Crippen LogP contribution in [0.1, 0.15) is 53.9 Å². The Morgan fingerprint density at radius 3 is 2.30 bits per heavy atom. The molecule has 4 amide bonds. The molecule has 0 spiro atoms. The highest BCUT2D eigenvalue weighted by atomic mass is 16.6. The number of primary amides is 1. The molecule has 3 atom stereocenters. The second-order valence-electron chi connectivity index (χ2n) is 8.30. The molecule has 1 fully saturated rings. The van der Waals surface area contributed by atoms with Crippen LogP contribution in [-0.4, -0.2) is 48.0 Å². The van der Waals surface area contributed by atoms with E-state index in [2.05, 4.69) is 16.0 Å². The monoisotopic (exact) mass is 384 g/mol. The smallest absolute Gasteiger partial charge is 0.408 e. The highest BCUT2D eigenvalue weighted by Gasteiger charge is 2.32. The Hall–Kier alpha value is -2.32. The quantitative estimate of drug-likeness (QED) is 0.480. The predicted octanol–water partition coefficient (Wildman–Crippen LogP) is 0.422. The molecule has 0 radical (unpaired) electrons. The molecule has 1 saturated heterocycles. The molecule has 0 bridgehead atoms. The molecule has 1 rings (SSSR count). The van der Waals surface area contributed by atoms with Crippen molar-refractivity contribution in [2.75, 3.05) is 6.54 Å². The maximum atomic E-state index is 12.7. The van der Waals surface area contributed by atoms with E-state index in [0.717, 1.165) is 0 Å². The lowest BCUT2D eigenvalue weighted by molar-refractivity contribution is -0.130. The molecule has 2 unspecified atom stereocenters. The summed E-state index contributed by atoms with van der Waals surface area (Å²) in [7, 11) is 0. The first-order chi connectivity index (χ1) is 12.4. The Morgan fingerprint density at radius 2 is 1.85 bits per heavy atom. The van der Waals surface area contributed by atoms with E-state index in [4.69, 9.17) is 10.5 Å². The lowest BCUT2D eigenvalue weighted by Crippen LogP contribution is -2.54. The van der Waals surface area contributed by atoms with Crippen molar-refractivity contribution in [3.8, 4) is 0 Å². The Bertz CT molecular complexity index is 571. The van der Waals surface area contributed by atoms with Crippen molar-refractivity contribution in [3.05, 3.63) is 0 Å². The van der Waals surface area contributed by atoms with Gasteiger partial charge < -0.3 is 26.4 Å². The third-order valence-corrected chi connectivity index (χ3v) is 4.06. The van der Waals surface area contributed by atoms with Crippen LogP contribution < -0.4 is 21.7 Å². The molecule has 0 aliphatic carbocycles. The van der Waals surface area contributed by atoms with Gasteiger partial charge >= 0.3 is 6.09 Å². The van der Waals surface area contributed by atoms with Crippen molar-refractivity contribution in [1.29, 1.82) is 0 Å². The van der Waals surface area contributed by atoms with Gasteiger partial charge in [0.25, 0.3) is 0 Å². The maximum absolute atomic E-state index is 12.7. The van der Waals surface area contributed by atoms with Gasteiger partial charge in [-0.2, -0.15) is 0 Å². The minimum absolute atomic E-state index is 0.114. The van der Waals surface area contributed by atoms with E-state index in [-0.39, 0.29) is 24.2 Å². The molecule has 0 aromatic carbocycles. The van der Waals surface area contributed by atoms with Gasteiger partial charge in [-0.3, -0.25) is 14.4 Å². The zero-order valence-corrected chi connectivity index (χ0v) is 16.8. The molecule has 1 aliphatic heterocycles. The summed E-state index contributed by atoms with van der Waals surface area (Å²) in [6.07, 6.45) is 0.368. The maximum Gasteiger partial charge on any atom is 0.408 e. The summed E-state index contributed by atoms with van der Waals surface area (Å²) in [5, 5.41) is 7.81. The van der Waals surface area contributed by atoms with E-state index >= 15 is 0 Å². The molecule has 27 heavy (non-hydrogen) atoms. The summed E-state index contributed by atoms with van der Waals surface area (Å²) < 4.78 is 5.20. The largest absolute Gasteiger partial charge is 0.444 e. The standard InChI is InChI=1S/C18H32N4O5/c1-10(2)8-13(22-17(26)27-18(3,4)5)16(25)21-12(14(19)23)9-11-6-7-20-15(11)24/h10-13H,6-9H2,1-5H3,(H2,19,23)(H,20,24)(H,21,25)(H,22,26)/t11-,12?,13?/m0/s1. The number of hydrogen-bond donors (Lipinski definition) is 4. The first kappa shape index (κ1) is 22.7. The fourth-order valence-corrected chi connectivity index (χ4v) is 2.83. The number of nitrogens with one attached hydrogen (secondary N) is 3. The summed E-state index contributed by atoms with van der Waals surface area (Å²) in [6.45, 7) is 9.52. The molecule has 5 N–H and O–H groups in total. The summed E-state index contributed by atoms with van der Waals surface area (Å²) in [6, 6.07) is -1.86. The van der Waals surface area contributed by atoms with E-state index in [9.17, 15) is 19.2 Å². The second kappa shape index (κ2) is 9.57. The number of alkyl carbamates (subject to hydrolysis) is 1. The summed E-state index contributed by atoms with van der Waals surface area (Å²) in [5.41, 5.74) is 4.70. The number of ether oxygens (including phenoxy) is 1. The van der Waals surface area contributed by atoms with Gasteiger partial charge in [-0.05, 0) is 46.0 Å². The molecular weight excluding hydrogens is 352 g/mol. The fourth-order valence-electron chi connectivity index (χ4n) is 2.83. The van der Waals surface area contributed by atoms with Gasteiger partial charge in [0.2, 0.25) is 17.7 Å². The summed E-state index contributed by atoms with van der Waals surface area (Å²) >= 11 is 0. The fraction of sp³-hybridized carbons (Fsp3) is 0.778. The Kier molecular flexibility index (Phi) is 8.05.